The van der Waals surface area contributed by atoms with Gasteiger partial charge in [0.15, 0.2) is 0 Å². The number of fused-ring (bicyclic) bond motifs is 1. The van der Waals surface area contributed by atoms with Crippen LogP contribution in [0.5, 0.6) is 5.75 Å². The van der Waals surface area contributed by atoms with Gasteiger partial charge in [0.25, 0.3) is 0 Å². The molecule has 118 valence electrons. The van der Waals surface area contributed by atoms with E-state index in [1.807, 2.05) is 18.2 Å². The minimum Gasteiger partial charge on any atom is -0.726 e. The standard InChI is InChI=1S/C10H12N2OS.C2H6O4S/c1-3-12-8-5-4-7(13-2)6-9(8)14-10(12)11;1-2-6-7(3,4)5/h4-6,11H,3H2,1-2H3;2H2,1H3,(H,3,4,5). The molecule has 1 aromatic heterocycles. The van der Waals surface area contributed by atoms with E-state index in [0.29, 0.717) is 0 Å². The zero-order valence-corrected chi connectivity index (χ0v) is 13.7. The Hall–Kier alpha value is -1.42. The molecule has 0 bridgehead atoms. The Kier molecular flexibility index (Phi) is 6.34. The molecule has 21 heavy (non-hydrogen) atoms. The zero-order valence-electron chi connectivity index (χ0n) is 12.0. The van der Waals surface area contributed by atoms with Gasteiger partial charge in [0.2, 0.25) is 10.4 Å². The Morgan fingerprint density at radius 1 is 1.38 bits per heavy atom. The maximum Gasteiger partial charge on any atom is 0.332 e. The highest BCUT2D eigenvalue weighted by atomic mass is 32.3. The van der Waals surface area contributed by atoms with E-state index in [2.05, 4.69) is 15.7 Å². The number of rotatable bonds is 4. The van der Waals surface area contributed by atoms with Crippen molar-refractivity contribution in [3.8, 4) is 5.75 Å². The summed E-state index contributed by atoms with van der Waals surface area (Å²) in [7, 11) is -2.75. The molecule has 0 aliphatic carbocycles. The number of hydrogen-bond acceptors (Lipinski definition) is 7. The van der Waals surface area contributed by atoms with E-state index < -0.39 is 10.4 Å². The first kappa shape index (κ1) is 17.6. The number of nitrogens with two attached hydrogens (primary N) is 1. The average Bonchev–Trinajstić information content (AvgIpc) is 2.72. The SMILES string of the molecule is CCOS(=O)(=O)[O-].CC[n+]1c(N)sc2cc(OC)ccc21. The maximum atomic E-state index is 9.45. The number of benzene rings is 1. The number of aromatic nitrogens is 1. The molecule has 0 aliphatic heterocycles. The van der Waals surface area contributed by atoms with Gasteiger partial charge in [-0.15, -0.1) is 0 Å². The minimum atomic E-state index is -4.42. The molecule has 0 aliphatic rings. The van der Waals surface area contributed by atoms with Crippen molar-refractivity contribution in [1.29, 1.82) is 0 Å². The summed E-state index contributed by atoms with van der Waals surface area (Å²) in [5.41, 5.74) is 7.07. The molecule has 0 saturated heterocycles. The highest BCUT2D eigenvalue weighted by Gasteiger charge is 2.13. The van der Waals surface area contributed by atoms with E-state index in [9.17, 15) is 13.0 Å². The van der Waals surface area contributed by atoms with Gasteiger partial charge < -0.3 is 9.29 Å². The van der Waals surface area contributed by atoms with Crippen molar-refractivity contribution < 1.29 is 26.5 Å². The van der Waals surface area contributed by atoms with Crippen molar-refractivity contribution in [2.24, 2.45) is 0 Å². The monoisotopic (exact) mass is 334 g/mol. The highest BCUT2D eigenvalue weighted by Crippen LogP contribution is 2.25. The third-order valence-corrected chi connectivity index (χ3v) is 4.02. The summed E-state index contributed by atoms with van der Waals surface area (Å²) < 4.78 is 40.4. The predicted octanol–water partition coefficient (Wildman–Crippen LogP) is 1.28. The van der Waals surface area contributed by atoms with Crippen LogP contribution in [0.4, 0.5) is 5.13 Å². The van der Waals surface area contributed by atoms with Crippen molar-refractivity contribution in [2.45, 2.75) is 20.4 Å². The van der Waals surface area contributed by atoms with Crippen LogP contribution in [0.3, 0.4) is 0 Å². The van der Waals surface area contributed by atoms with Crippen molar-refractivity contribution in [3.63, 3.8) is 0 Å². The molecule has 0 saturated carbocycles. The average molecular weight is 334 g/mol. The fourth-order valence-corrected chi connectivity index (χ4v) is 2.99. The number of hydrogen-bond donors (Lipinski definition) is 1. The molecule has 9 heteroatoms. The number of aryl methyl sites for hydroxylation is 1. The Morgan fingerprint density at radius 3 is 2.48 bits per heavy atom. The second-order valence-corrected chi connectivity index (χ2v) is 5.95. The molecule has 0 radical (unpaired) electrons. The maximum absolute atomic E-state index is 9.45. The van der Waals surface area contributed by atoms with E-state index >= 15 is 0 Å². The van der Waals surface area contributed by atoms with Crippen molar-refractivity contribution in [2.75, 3.05) is 19.5 Å². The lowest BCUT2D eigenvalue weighted by Crippen LogP contribution is -2.33. The van der Waals surface area contributed by atoms with Crippen molar-refractivity contribution in [3.05, 3.63) is 18.2 Å². The molecule has 1 aromatic carbocycles. The summed E-state index contributed by atoms with van der Waals surface area (Å²) in [6.07, 6.45) is 0. The number of nitrogen functional groups attached to an aromatic ring is 1. The van der Waals surface area contributed by atoms with Crippen LogP contribution in [0.1, 0.15) is 13.8 Å². The van der Waals surface area contributed by atoms with Gasteiger partial charge in [-0.05, 0) is 37.3 Å². The van der Waals surface area contributed by atoms with E-state index in [1.165, 1.54) is 17.1 Å². The number of nitrogens with zero attached hydrogens (tertiary/aromatic N) is 1. The molecule has 2 N–H and O–H groups in total. The van der Waals surface area contributed by atoms with Crippen LogP contribution in [-0.2, 0) is 21.1 Å². The largest absolute Gasteiger partial charge is 0.726 e. The first-order valence-electron chi connectivity index (χ1n) is 6.18. The first-order valence-corrected chi connectivity index (χ1v) is 8.33. The lowest BCUT2D eigenvalue weighted by atomic mass is 10.3. The topological polar surface area (TPSA) is 106 Å². The van der Waals surface area contributed by atoms with Gasteiger partial charge in [0, 0.05) is 6.07 Å². The van der Waals surface area contributed by atoms with Crippen LogP contribution in [0.2, 0.25) is 0 Å². The minimum absolute atomic E-state index is 0.0914. The second kappa shape index (κ2) is 7.55. The summed E-state index contributed by atoms with van der Waals surface area (Å²) in [5.74, 6) is 0.877. The summed E-state index contributed by atoms with van der Waals surface area (Å²) >= 11 is 1.59. The van der Waals surface area contributed by atoms with Gasteiger partial charge in [-0.2, -0.15) is 0 Å². The number of methoxy groups -OCH3 is 1. The second-order valence-electron chi connectivity index (χ2n) is 3.83. The first-order chi connectivity index (χ1) is 9.82. The van der Waals surface area contributed by atoms with E-state index in [1.54, 1.807) is 18.4 Å². The Labute approximate surface area is 127 Å². The summed E-state index contributed by atoms with van der Waals surface area (Å²) in [6, 6.07) is 6.02. The third kappa shape index (κ3) is 5.12. The van der Waals surface area contributed by atoms with Crippen LogP contribution in [0.25, 0.3) is 10.2 Å². The fraction of sp³-hybridized carbons (Fsp3) is 0.417. The molecule has 1 heterocycles. The molecule has 0 atom stereocenters. The zero-order chi connectivity index (χ0) is 16.0. The van der Waals surface area contributed by atoms with Gasteiger partial charge in [0.05, 0.1) is 25.0 Å². The molecule has 7 nitrogen and oxygen atoms in total. The molecule has 2 rings (SSSR count). The molecular formula is C12H18N2O5S2. The van der Waals surface area contributed by atoms with Gasteiger partial charge in [-0.3, -0.25) is 9.92 Å². The molecule has 2 aromatic rings. The quantitative estimate of drug-likeness (QED) is 0.513. The smallest absolute Gasteiger partial charge is 0.332 e. The predicted molar refractivity (Wildman–Crippen MR) is 80.0 cm³/mol. The van der Waals surface area contributed by atoms with Crippen molar-refractivity contribution >= 4 is 37.1 Å². The van der Waals surface area contributed by atoms with Gasteiger partial charge in [-0.25, -0.2) is 13.0 Å². The molecule has 0 unspecified atom stereocenters. The summed E-state index contributed by atoms with van der Waals surface area (Å²) in [5, 5.41) is 0.843. The number of anilines is 1. The highest BCUT2D eigenvalue weighted by molar-refractivity contribution is 7.80. The Bertz CT molecular complexity index is 697. The molecule has 0 amide bonds. The van der Waals surface area contributed by atoms with Gasteiger partial charge in [-0.1, -0.05) is 0 Å². The van der Waals surface area contributed by atoms with E-state index in [4.69, 9.17) is 10.5 Å². The molecule has 0 spiro atoms. The normalized spacial score (nSPS) is 11.0. The lowest BCUT2D eigenvalue weighted by Gasteiger charge is -2.02. The lowest BCUT2D eigenvalue weighted by molar-refractivity contribution is -0.649. The Balaban J connectivity index is 0.000000270. The fourth-order valence-electron chi connectivity index (χ4n) is 1.68. The number of thiazole rings is 1. The van der Waals surface area contributed by atoms with Crippen molar-refractivity contribution in [1.82, 2.24) is 0 Å². The van der Waals surface area contributed by atoms with Crippen LogP contribution in [0.15, 0.2) is 18.2 Å². The van der Waals surface area contributed by atoms with Crippen LogP contribution in [0, 0.1) is 0 Å². The van der Waals surface area contributed by atoms with E-state index in [-0.39, 0.29) is 6.61 Å². The van der Waals surface area contributed by atoms with Crippen LogP contribution < -0.4 is 15.0 Å². The summed E-state index contributed by atoms with van der Waals surface area (Å²) in [6.45, 7) is 4.33. The molecule has 0 fully saturated rings. The number of ether oxygens (including phenoxy) is 1. The van der Waals surface area contributed by atoms with Crippen LogP contribution >= 0.6 is 11.3 Å². The Morgan fingerprint density at radius 2 is 2.05 bits per heavy atom. The van der Waals surface area contributed by atoms with Gasteiger partial charge in [0.1, 0.15) is 11.3 Å². The van der Waals surface area contributed by atoms with Gasteiger partial charge >= 0.3 is 5.13 Å². The summed E-state index contributed by atoms with van der Waals surface area (Å²) in [4.78, 5) is 0. The van der Waals surface area contributed by atoms with E-state index in [0.717, 1.165) is 17.4 Å². The molecular weight excluding hydrogens is 316 g/mol. The van der Waals surface area contributed by atoms with Crippen LogP contribution in [-0.4, -0.2) is 26.7 Å². The third-order valence-electron chi connectivity index (χ3n) is 2.52.